The number of benzene rings is 15. The second-order valence-electron chi connectivity index (χ2n) is 29.8. The molecule has 3 atom stereocenters. The van der Waals surface area contributed by atoms with Crippen LogP contribution >= 0.6 is 0 Å². The quantitative estimate of drug-likeness (QED) is 0.0547. The molecule has 0 aromatic heterocycles. The molecule has 5 aliphatic rings. The number of hydrogen-bond donors (Lipinski definition) is 0. The highest BCUT2D eigenvalue weighted by Gasteiger charge is 2.55. The predicted octanol–water partition coefficient (Wildman–Crippen LogP) is 27.8. The van der Waals surface area contributed by atoms with E-state index in [0.717, 1.165) is 67.8 Å². The Bertz CT molecular complexity index is 6740. The molecule has 1 spiro atoms. The molecule has 0 bridgehead atoms. The third-order valence-electron chi connectivity index (χ3n) is 23.9. The average molecular weight is 1550 g/mol. The molecule has 566 valence electrons. The van der Waals surface area contributed by atoms with Crippen LogP contribution in [0.4, 0.5) is 78.0 Å². The summed E-state index contributed by atoms with van der Waals surface area (Å²) < 4.78 is 176. The average Bonchev–Trinajstić information content (AvgIpc) is 1.49. The van der Waals surface area contributed by atoms with Gasteiger partial charge in [-0.05, 0) is 264 Å². The fourth-order valence-electron chi connectivity index (χ4n) is 19.0. The van der Waals surface area contributed by atoms with Gasteiger partial charge >= 0.3 is 0 Å². The van der Waals surface area contributed by atoms with Crippen LogP contribution in [0.15, 0.2) is 340 Å². The van der Waals surface area contributed by atoms with Crippen LogP contribution in [-0.4, -0.2) is 0 Å². The third kappa shape index (κ3) is 10.8. The molecule has 4 nitrogen and oxygen atoms in total. The molecule has 0 saturated heterocycles. The van der Waals surface area contributed by atoms with Crippen LogP contribution in [0.1, 0.15) is 85.2 Å². The Labute approximate surface area is 667 Å². The van der Waals surface area contributed by atoms with Gasteiger partial charge in [0.1, 0.15) is 34.6 Å². The molecule has 0 N–H and O–H groups in total. The number of nitrogens with zero attached hydrogens (tertiary/aromatic N) is 2. The van der Waals surface area contributed by atoms with Crippen LogP contribution in [0.25, 0.3) is 56.7 Å². The van der Waals surface area contributed by atoms with E-state index in [2.05, 4.69) is 61.7 Å². The Morgan fingerprint density at radius 1 is 0.265 bits per heavy atom. The lowest BCUT2D eigenvalue weighted by Crippen LogP contribution is -2.33. The molecule has 5 aliphatic carbocycles. The first kappa shape index (κ1) is 71.8. The summed E-state index contributed by atoms with van der Waals surface area (Å²) in [5.41, 5.74) is 11.2. The molecular weight excluding hydrogens is 1490 g/mol. The smallest absolute Gasteiger partial charge is 0.197 e. The number of hydrogen-bond acceptors (Lipinski definition) is 4. The van der Waals surface area contributed by atoms with Crippen molar-refractivity contribution in [1.82, 2.24) is 0 Å². The van der Waals surface area contributed by atoms with Crippen molar-refractivity contribution in [2.75, 3.05) is 9.80 Å². The van der Waals surface area contributed by atoms with Crippen molar-refractivity contribution in [2.45, 2.75) is 29.1 Å². The molecule has 14 heteroatoms. The minimum atomic E-state index is -1.99. The van der Waals surface area contributed by atoms with E-state index in [0.29, 0.717) is 113 Å². The maximum Gasteiger partial charge on any atom is 0.197 e. The Hall–Kier alpha value is -14.2. The Kier molecular flexibility index (Phi) is 16.9. The van der Waals surface area contributed by atoms with E-state index in [4.69, 9.17) is 9.47 Å². The van der Waals surface area contributed by atoms with Gasteiger partial charge in [0, 0.05) is 51.7 Å². The number of allylic oxidation sites excluding steroid dienone is 4. The highest BCUT2D eigenvalue weighted by Crippen LogP contribution is 2.66. The number of ether oxygens (including phenoxy) is 2. The van der Waals surface area contributed by atoms with E-state index in [-0.39, 0.29) is 12.8 Å². The van der Waals surface area contributed by atoms with Gasteiger partial charge < -0.3 is 19.3 Å². The standard InChI is InChI=1S/C103H62F10N2O2/c1-3-59-21-41-71(42-22-59)116-73-45-25-61(26-46-73)101(91-57-93(106)97(110)99(112)95(91)108)83-17-9-5-13-75(83)79-49-37-67(53-87(79)101)114(65-33-29-63(104)30-34-65)69-39-51-81-77-15-7-11-19-85(77)103(89(81)55-69)86-20-12-8-16-78(86)82-52-40-70(56-90(82)103)115(66-35-31-64(105)32-36-66)68-38-50-80-76-14-6-10-18-84(76)102(88(80)54-68,92-58-94(107)98(111)100(113)96(92)109)62-27-47-74(48-28-62)117-72-43-23-60(4-2)24-44-72/h3-27,29-47,49-58H,1-2,28,48H2. The van der Waals surface area contributed by atoms with Crippen molar-refractivity contribution in [1.29, 1.82) is 0 Å². The van der Waals surface area contributed by atoms with E-state index in [1.807, 2.05) is 143 Å². The zero-order valence-corrected chi connectivity index (χ0v) is 62.0. The maximum absolute atomic E-state index is 17.6. The van der Waals surface area contributed by atoms with Gasteiger partial charge in [-0.3, -0.25) is 0 Å². The zero-order chi connectivity index (χ0) is 79.9. The normalized spacial score (nSPS) is 16.7. The fraction of sp³-hybridized carbons (Fsp3) is 0.0485. The van der Waals surface area contributed by atoms with E-state index in [1.165, 1.54) is 24.3 Å². The second-order valence-corrected chi connectivity index (χ2v) is 29.8. The van der Waals surface area contributed by atoms with Gasteiger partial charge in [0.25, 0.3) is 0 Å². The molecular formula is C103H62F10N2O2. The third-order valence-corrected chi connectivity index (χ3v) is 23.9. The SMILES string of the molecule is C=Cc1ccc(OC2=CC=C(C3(c4cc(F)c(F)c(F)c4F)c4ccccc4-c4ccc(N(c5ccc(F)cc5)c5ccc6c(c5)C5(c7ccccc7-6)c6ccccc6-c6ccc(N(c7ccc(F)cc7)c7ccc8c(c7)C(c7ccc(Oc9ccc(C=C)cc9)cc7)(c7cc(F)c(F)c(F)c7F)c7ccccc7-8)cc65)cc43)CC2)cc1. The summed E-state index contributed by atoms with van der Waals surface area (Å²) >= 11 is 0. The first-order chi connectivity index (χ1) is 57.0. The molecule has 0 heterocycles. The van der Waals surface area contributed by atoms with Gasteiger partial charge in [-0.25, -0.2) is 43.9 Å². The van der Waals surface area contributed by atoms with Gasteiger partial charge in [0.05, 0.1) is 16.2 Å². The summed E-state index contributed by atoms with van der Waals surface area (Å²) in [6, 6.07) is 89.2. The fourth-order valence-corrected chi connectivity index (χ4v) is 19.0. The van der Waals surface area contributed by atoms with Crippen LogP contribution in [-0.2, 0) is 16.2 Å². The molecule has 15 aromatic carbocycles. The molecule has 0 aliphatic heterocycles. The van der Waals surface area contributed by atoms with Crippen molar-refractivity contribution in [3.05, 3.63) is 470 Å². The van der Waals surface area contributed by atoms with E-state index in [1.54, 1.807) is 109 Å². The first-order valence-corrected chi connectivity index (χ1v) is 38.1. The second kappa shape index (κ2) is 27.5. The Balaban J connectivity index is 0.778. The lowest BCUT2D eigenvalue weighted by molar-refractivity contribution is 0.391. The molecule has 20 rings (SSSR count). The monoisotopic (exact) mass is 1550 g/mol. The van der Waals surface area contributed by atoms with Crippen LogP contribution in [0.2, 0.25) is 0 Å². The summed E-state index contributed by atoms with van der Waals surface area (Å²) in [6.45, 7) is 7.71. The number of rotatable bonds is 16. The van der Waals surface area contributed by atoms with Crippen molar-refractivity contribution in [3.63, 3.8) is 0 Å². The number of fused-ring (bicyclic) bond motifs is 16. The number of anilines is 6. The molecule has 117 heavy (non-hydrogen) atoms. The van der Waals surface area contributed by atoms with Gasteiger partial charge in [0.2, 0.25) is 0 Å². The molecule has 3 unspecified atom stereocenters. The van der Waals surface area contributed by atoms with Crippen molar-refractivity contribution >= 4 is 46.3 Å². The zero-order valence-electron chi connectivity index (χ0n) is 62.0. The summed E-state index contributed by atoms with van der Waals surface area (Å²) in [6.07, 6.45) is 7.45. The van der Waals surface area contributed by atoms with Gasteiger partial charge in [0.15, 0.2) is 46.5 Å². The maximum atomic E-state index is 17.6. The minimum absolute atomic E-state index is 0.196. The summed E-state index contributed by atoms with van der Waals surface area (Å²) in [5, 5.41) is 0. The molecule has 0 fully saturated rings. The summed E-state index contributed by atoms with van der Waals surface area (Å²) in [5.74, 6) is -13.2. The molecule has 0 amide bonds. The predicted molar refractivity (Wildman–Crippen MR) is 440 cm³/mol. The van der Waals surface area contributed by atoms with Crippen molar-refractivity contribution in [3.8, 4) is 61.8 Å². The van der Waals surface area contributed by atoms with Crippen LogP contribution in [0.5, 0.6) is 17.2 Å². The highest BCUT2D eigenvalue weighted by atomic mass is 19.2. The first-order valence-electron chi connectivity index (χ1n) is 38.1. The van der Waals surface area contributed by atoms with E-state index >= 15 is 43.9 Å². The van der Waals surface area contributed by atoms with Gasteiger partial charge in [-0.2, -0.15) is 0 Å². The Morgan fingerprint density at radius 3 is 0.974 bits per heavy atom. The van der Waals surface area contributed by atoms with Gasteiger partial charge in [-0.1, -0.05) is 195 Å². The van der Waals surface area contributed by atoms with Crippen molar-refractivity contribution in [2.24, 2.45) is 0 Å². The van der Waals surface area contributed by atoms with Gasteiger partial charge in [-0.15, -0.1) is 0 Å². The Morgan fingerprint density at radius 2 is 0.590 bits per heavy atom. The minimum Gasteiger partial charge on any atom is -0.462 e. The lowest BCUT2D eigenvalue weighted by atomic mass is 9.65. The largest absolute Gasteiger partial charge is 0.462 e. The molecule has 0 saturated carbocycles. The molecule has 0 radical (unpaired) electrons. The van der Waals surface area contributed by atoms with Crippen molar-refractivity contribution < 1.29 is 53.4 Å². The molecule has 15 aromatic rings. The number of halogens is 10. The van der Waals surface area contributed by atoms with E-state index < -0.39 is 85.5 Å². The van der Waals surface area contributed by atoms with Crippen LogP contribution < -0.4 is 19.3 Å². The lowest BCUT2D eigenvalue weighted by Gasteiger charge is -2.38. The van der Waals surface area contributed by atoms with Crippen LogP contribution in [0, 0.1) is 58.2 Å². The van der Waals surface area contributed by atoms with E-state index in [9.17, 15) is 0 Å². The van der Waals surface area contributed by atoms with Crippen LogP contribution in [0.3, 0.4) is 0 Å². The summed E-state index contributed by atoms with van der Waals surface area (Å²) in [7, 11) is 0. The highest BCUT2D eigenvalue weighted by molar-refractivity contribution is 5.99. The topological polar surface area (TPSA) is 24.9 Å². The summed E-state index contributed by atoms with van der Waals surface area (Å²) in [4.78, 5) is 3.90.